The van der Waals surface area contributed by atoms with E-state index in [1.165, 1.54) is 11.6 Å². The molecular formula is C18H21ClFN. The summed E-state index contributed by atoms with van der Waals surface area (Å²) in [6.07, 6.45) is 1.14. The molecule has 0 aliphatic rings. The molecule has 1 N–H and O–H groups in total. The molecule has 0 radical (unpaired) electrons. The Kier molecular flexibility index (Phi) is 5.24. The fourth-order valence-corrected chi connectivity index (χ4v) is 2.45. The van der Waals surface area contributed by atoms with Gasteiger partial charge in [0.1, 0.15) is 5.82 Å². The topological polar surface area (TPSA) is 12.0 Å². The molecule has 0 aliphatic carbocycles. The third-order valence-corrected chi connectivity index (χ3v) is 4.21. The van der Waals surface area contributed by atoms with Gasteiger partial charge in [0.2, 0.25) is 0 Å². The highest BCUT2D eigenvalue weighted by Gasteiger charge is 2.09. The lowest BCUT2D eigenvalue weighted by molar-refractivity contribution is 0.627. The fourth-order valence-electron chi connectivity index (χ4n) is 2.26. The smallest absolute Gasteiger partial charge is 0.141 e. The number of benzene rings is 2. The third kappa shape index (κ3) is 3.98. The monoisotopic (exact) mass is 305 g/mol. The molecule has 0 amide bonds. The average Bonchev–Trinajstić information content (AvgIpc) is 2.50. The summed E-state index contributed by atoms with van der Waals surface area (Å²) < 4.78 is 13.2. The predicted octanol–water partition coefficient (Wildman–Crippen LogP) is 6.17. The van der Waals surface area contributed by atoms with E-state index in [4.69, 9.17) is 11.6 Å². The second kappa shape index (κ2) is 6.95. The summed E-state index contributed by atoms with van der Waals surface area (Å²) in [7, 11) is 0. The van der Waals surface area contributed by atoms with Crippen LogP contribution in [0.25, 0.3) is 0 Å². The Morgan fingerprint density at radius 2 is 1.67 bits per heavy atom. The summed E-state index contributed by atoms with van der Waals surface area (Å²) in [5, 5.41) is 3.57. The van der Waals surface area contributed by atoms with Crippen LogP contribution in [0.4, 0.5) is 10.1 Å². The van der Waals surface area contributed by atoms with Gasteiger partial charge in [-0.1, -0.05) is 43.6 Å². The van der Waals surface area contributed by atoms with Gasteiger partial charge in [0, 0.05) is 11.7 Å². The molecular weight excluding hydrogens is 285 g/mol. The SMILES string of the molecule is CCC(C)c1ccc(NC(C)c2ccc(F)c(Cl)c2)cc1. The van der Waals surface area contributed by atoms with Crippen molar-refractivity contribution >= 4 is 17.3 Å². The van der Waals surface area contributed by atoms with E-state index in [1.54, 1.807) is 12.1 Å². The molecule has 1 nitrogen and oxygen atoms in total. The highest BCUT2D eigenvalue weighted by molar-refractivity contribution is 6.30. The van der Waals surface area contributed by atoms with Crippen LogP contribution in [0.5, 0.6) is 0 Å². The maximum Gasteiger partial charge on any atom is 0.141 e. The van der Waals surface area contributed by atoms with Gasteiger partial charge in [-0.25, -0.2) is 4.39 Å². The van der Waals surface area contributed by atoms with Gasteiger partial charge in [-0.15, -0.1) is 0 Å². The molecule has 0 spiro atoms. The summed E-state index contributed by atoms with van der Waals surface area (Å²) in [5.74, 6) is 0.193. The summed E-state index contributed by atoms with van der Waals surface area (Å²) in [4.78, 5) is 0. The van der Waals surface area contributed by atoms with Crippen LogP contribution in [0.3, 0.4) is 0 Å². The molecule has 2 aromatic rings. The first-order valence-corrected chi connectivity index (χ1v) is 7.70. The molecule has 2 atom stereocenters. The summed E-state index contributed by atoms with van der Waals surface area (Å²) in [5.41, 5.74) is 3.36. The van der Waals surface area contributed by atoms with E-state index in [1.807, 2.05) is 6.92 Å². The fraction of sp³-hybridized carbons (Fsp3) is 0.333. The van der Waals surface area contributed by atoms with Crippen LogP contribution in [-0.4, -0.2) is 0 Å². The van der Waals surface area contributed by atoms with E-state index in [0.717, 1.165) is 17.7 Å². The zero-order chi connectivity index (χ0) is 15.4. The Balaban J connectivity index is 2.08. The minimum Gasteiger partial charge on any atom is -0.379 e. The Morgan fingerprint density at radius 1 is 1.05 bits per heavy atom. The number of hydrogen-bond acceptors (Lipinski definition) is 1. The summed E-state index contributed by atoms with van der Waals surface area (Å²) in [6, 6.07) is 13.4. The minimum absolute atomic E-state index is 0.0672. The molecule has 2 unspecified atom stereocenters. The van der Waals surface area contributed by atoms with Crippen LogP contribution < -0.4 is 5.32 Å². The van der Waals surface area contributed by atoms with Crippen molar-refractivity contribution in [1.29, 1.82) is 0 Å². The molecule has 0 fully saturated rings. The Labute approximate surface area is 131 Å². The van der Waals surface area contributed by atoms with Crippen molar-refractivity contribution in [2.45, 2.75) is 39.2 Å². The number of anilines is 1. The van der Waals surface area contributed by atoms with E-state index in [2.05, 4.69) is 43.4 Å². The number of nitrogens with one attached hydrogen (secondary N) is 1. The van der Waals surface area contributed by atoms with Crippen molar-refractivity contribution < 1.29 is 4.39 Å². The molecule has 2 aromatic carbocycles. The molecule has 21 heavy (non-hydrogen) atoms. The zero-order valence-corrected chi connectivity index (χ0v) is 13.4. The average molecular weight is 306 g/mol. The van der Waals surface area contributed by atoms with Crippen molar-refractivity contribution in [3.63, 3.8) is 0 Å². The lowest BCUT2D eigenvalue weighted by atomic mass is 9.98. The standard InChI is InChI=1S/C18H21ClFN/c1-4-12(2)14-5-8-16(9-6-14)21-13(3)15-7-10-18(20)17(19)11-15/h5-13,21H,4H2,1-3H3. The van der Waals surface area contributed by atoms with Crippen molar-refractivity contribution in [1.82, 2.24) is 0 Å². The molecule has 2 rings (SSSR count). The molecule has 0 aliphatic heterocycles. The number of hydrogen-bond donors (Lipinski definition) is 1. The number of rotatable bonds is 5. The first kappa shape index (κ1) is 15.8. The van der Waals surface area contributed by atoms with Gasteiger partial charge in [0.25, 0.3) is 0 Å². The maximum atomic E-state index is 13.2. The van der Waals surface area contributed by atoms with E-state index in [0.29, 0.717) is 5.92 Å². The highest BCUT2D eigenvalue weighted by atomic mass is 35.5. The summed E-state index contributed by atoms with van der Waals surface area (Å²) >= 11 is 5.83. The molecule has 0 bridgehead atoms. The van der Waals surface area contributed by atoms with Crippen molar-refractivity contribution in [3.8, 4) is 0 Å². The third-order valence-electron chi connectivity index (χ3n) is 3.92. The van der Waals surface area contributed by atoms with E-state index < -0.39 is 0 Å². The van der Waals surface area contributed by atoms with Crippen LogP contribution in [0.1, 0.15) is 50.3 Å². The van der Waals surface area contributed by atoms with Gasteiger partial charge in [-0.3, -0.25) is 0 Å². The lowest BCUT2D eigenvalue weighted by Crippen LogP contribution is -2.07. The van der Waals surface area contributed by atoms with Crippen molar-refractivity contribution in [2.24, 2.45) is 0 Å². The Hall–Kier alpha value is -1.54. The van der Waals surface area contributed by atoms with Gasteiger partial charge in [0.05, 0.1) is 5.02 Å². The van der Waals surface area contributed by atoms with Crippen LogP contribution in [0.15, 0.2) is 42.5 Å². The van der Waals surface area contributed by atoms with Gasteiger partial charge < -0.3 is 5.32 Å². The highest BCUT2D eigenvalue weighted by Crippen LogP contribution is 2.25. The second-order valence-corrected chi connectivity index (χ2v) is 5.88. The minimum atomic E-state index is -0.384. The van der Waals surface area contributed by atoms with Crippen molar-refractivity contribution in [2.75, 3.05) is 5.32 Å². The largest absolute Gasteiger partial charge is 0.379 e. The van der Waals surface area contributed by atoms with Crippen molar-refractivity contribution in [3.05, 3.63) is 64.4 Å². The van der Waals surface area contributed by atoms with Crippen LogP contribution in [0.2, 0.25) is 5.02 Å². The summed E-state index contributed by atoms with van der Waals surface area (Å²) in [6.45, 7) is 6.45. The first-order chi connectivity index (χ1) is 10.0. The molecule has 112 valence electrons. The maximum absolute atomic E-state index is 13.2. The van der Waals surface area contributed by atoms with Gasteiger partial charge in [-0.2, -0.15) is 0 Å². The number of halogens is 2. The second-order valence-electron chi connectivity index (χ2n) is 5.47. The normalized spacial score (nSPS) is 13.8. The van der Waals surface area contributed by atoms with E-state index >= 15 is 0 Å². The van der Waals surface area contributed by atoms with Gasteiger partial charge in [0.15, 0.2) is 0 Å². The molecule has 0 saturated heterocycles. The van der Waals surface area contributed by atoms with Crippen LogP contribution >= 0.6 is 11.6 Å². The van der Waals surface area contributed by atoms with Gasteiger partial charge in [-0.05, 0) is 54.7 Å². The zero-order valence-electron chi connectivity index (χ0n) is 12.7. The lowest BCUT2D eigenvalue weighted by Gasteiger charge is -2.17. The van der Waals surface area contributed by atoms with Crippen LogP contribution in [0, 0.1) is 5.82 Å². The first-order valence-electron chi connectivity index (χ1n) is 7.32. The van der Waals surface area contributed by atoms with E-state index in [9.17, 15) is 4.39 Å². The molecule has 0 aromatic heterocycles. The quantitative estimate of drug-likeness (QED) is 0.697. The Bertz CT molecular complexity index is 595. The van der Waals surface area contributed by atoms with Crippen LogP contribution in [-0.2, 0) is 0 Å². The molecule has 0 heterocycles. The Morgan fingerprint density at radius 3 is 2.24 bits per heavy atom. The molecule has 3 heteroatoms. The van der Waals surface area contributed by atoms with Gasteiger partial charge >= 0.3 is 0 Å². The molecule has 0 saturated carbocycles. The van der Waals surface area contributed by atoms with E-state index in [-0.39, 0.29) is 16.9 Å². The predicted molar refractivity (Wildman–Crippen MR) is 88.6 cm³/mol.